The maximum atomic E-state index is 6.03. The molecule has 0 spiro atoms. The predicted molar refractivity (Wildman–Crippen MR) is 60.2 cm³/mol. The van der Waals surface area contributed by atoms with Gasteiger partial charge >= 0.3 is 0 Å². The minimum Gasteiger partial charge on any atom is -0.475 e. The molecule has 2 heterocycles. The van der Waals surface area contributed by atoms with Crippen molar-refractivity contribution in [1.29, 1.82) is 0 Å². The molecular formula is C12H20N2O. The Labute approximate surface area is 91.3 Å². The van der Waals surface area contributed by atoms with Gasteiger partial charge < -0.3 is 10.1 Å². The molecule has 2 aliphatic heterocycles. The average molecular weight is 208 g/mol. The summed E-state index contributed by atoms with van der Waals surface area (Å²) in [5.74, 6) is 1.70. The third-order valence-corrected chi connectivity index (χ3v) is 3.92. The molecular weight excluding hydrogens is 188 g/mol. The quantitative estimate of drug-likeness (QED) is 0.712. The number of nitrogens with zero attached hydrogens (tertiary/aromatic N) is 1. The minimum absolute atomic E-state index is 0.434. The summed E-state index contributed by atoms with van der Waals surface area (Å²) in [4.78, 5) is 4.80. The molecule has 0 amide bonds. The maximum absolute atomic E-state index is 6.03. The van der Waals surface area contributed by atoms with E-state index >= 15 is 0 Å². The van der Waals surface area contributed by atoms with Gasteiger partial charge in [-0.3, -0.25) is 0 Å². The van der Waals surface area contributed by atoms with E-state index in [-0.39, 0.29) is 0 Å². The normalized spacial score (nSPS) is 36.9. The molecule has 2 atom stereocenters. The topological polar surface area (TPSA) is 33.6 Å². The average Bonchev–Trinajstić information content (AvgIpc) is 2.74. The fourth-order valence-electron chi connectivity index (χ4n) is 2.98. The molecule has 2 unspecified atom stereocenters. The van der Waals surface area contributed by atoms with Crippen molar-refractivity contribution in [3.05, 3.63) is 0 Å². The van der Waals surface area contributed by atoms with Crippen LogP contribution in [0.25, 0.3) is 0 Å². The lowest BCUT2D eigenvalue weighted by atomic mass is 9.94. The molecule has 3 aliphatic rings. The number of fused-ring (bicyclic) bond motifs is 1. The van der Waals surface area contributed by atoms with E-state index in [4.69, 9.17) is 9.73 Å². The van der Waals surface area contributed by atoms with Crippen molar-refractivity contribution < 1.29 is 4.74 Å². The molecule has 1 N–H and O–H groups in total. The lowest BCUT2D eigenvalue weighted by molar-refractivity contribution is 0.142. The summed E-state index contributed by atoms with van der Waals surface area (Å²) >= 11 is 0. The van der Waals surface area contributed by atoms with E-state index in [1.54, 1.807) is 0 Å². The van der Waals surface area contributed by atoms with Gasteiger partial charge in [-0.05, 0) is 45.2 Å². The first kappa shape index (κ1) is 9.64. The van der Waals surface area contributed by atoms with Gasteiger partial charge in [-0.1, -0.05) is 6.42 Å². The number of nitrogens with one attached hydrogen (secondary N) is 1. The van der Waals surface area contributed by atoms with Crippen molar-refractivity contribution in [3.63, 3.8) is 0 Å². The summed E-state index contributed by atoms with van der Waals surface area (Å²) in [6.45, 7) is 2.25. The SMILES string of the molecule is C1CCC2OC(C3CCNCC3)=NC2C1. The number of rotatable bonds is 1. The molecule has 3 nitrogen and oxygen atoms in total. The Hall–Kier alpha value is -0.570. The second-order valence-corrected chi connectivity index (χ2v) is 5.00. The Bertz CT molecular complexity index is 258. The van der Waals surface area contributed by atoms with E-state index in [0.29, 0.717) is 18.1 Å². The fourth-order valence-corrected chi connectivity index (χ4v) is 2.98. The molecule has 84 valence electrons. The highest BCUT2D eigenvalue weighted by Crippen LogP contribution is 2.31. The van der Waals surface area contributed by atoms with Crippen LogP contribution in [0, 0.1) is 5.92 Å². The highest BCUT2D eigenvalue weighted by Gasteiger charge is 2.35. The van der Waals surface area contributed by atoms with Crippen LogP contribution >= 0.6 is 0 Å². The number of piperidine rings is 1. The molecule has 1 aliphatic carbocycles. The van der Waals surface area contributed by atoms with Gasteiger partial charge in [-0.2, -0.15) is 0 Å². The van der Waals surface area contributed by atoms with Crippen LogP contribution in [0.15, 0.2) is 4.99 Å². The van der Waals surface area contributed by atoms with Crippen LogP contribution in [0.2, 0.25) is 0 Å². The Morgan fingerprint density at radius 3 is 2.67 bits per heavy atom. The molecule has 3 rings (SSSR count). The van der Waals surface area contributed by atoms with E-state index in [1.165, 1.54) is 38.5 Å². The number of hydrogen-bond acceptors (Lipinski definition) is 3. The lowest BCUT2D eigenvalue weighted by Crippen LogP contribution is -2.33. The molecule has 0 bridgehead atoms. The van der Waals surface area contributed by atoms with Crippen molar-refractivity contribution in [2.45, 2.75) is 50.7 Å². The van der Waals surface area contributed by atoms with Crippen LogP contribution in [-0.4, -0.2) is 31.1 Å². The van der Waals surface area contributed by atoms with Gasteiger partial charge in [0.15, 0.2) is 5.90 Å². The zero-order valence-corrected chi connectivity index (χ0v) is 9.24. The first-order valence-corrected chi connectivity index (χ1v) is 6.38. The largest absolute Gasteiger partial charge is 0.475 e. The lowest BCUT2D eigenvalue weighted by Gasteiger charge is -2.24. The van der Waals surface area contributed by atoms with Crippen LogP contribution in [0.3, 0.4) is 0 Å². The summed E-state index contributed by atoms with van der Waals surface area (Å²) < 4.78 is 6.03. The molecule has 15 heavy (non-hydrogen) atoms. The predicted octanol–water partition coefficient (Wildman–Crippen LogP) is 1.73. The molecule has 0 aromatic rings. The summed E-state index contributed by atoms with van der Waals surface area (Å²) in [5, 5.41) is 3.39. The van der Waals surface area contributed by atoms with Crippen LogP contribution in [-0.2, 0) is 4.74 Å². The van der Waals surface area contributed by atoms with E-state index in [2.05, 4.69) is 5.32 Å². The van der Waals surface area contributed by atoms with Crippen molar-refractivity contribution in [2.24, 2.45) is 10.9 Å². The van der Waals surface area contributed by atoms with E-state index in [1.807, 2.05) is 0 Å². The highest BCUT2D eigenvalue weighted by molar-refractivity contribution is 5.80. The van der Waals surface area contributed by atoms with E-state index in [9.17, 15) is 0 Å². The Morgan fingerprint density at radius 2 is 1.87 bits per heavy atom. The van der Waals surface area contributed by atoms with Crippen LogP contribution < -0.4 is 5.32 Å². The van der Waals surface area contributed by atoms with Crippen molar-refractivity contribution >= 4 is 5.90 Å². The third-order valence-electron chi connectivity index (χ3n) is 3.92. The highest BCUT2D eigenvalue weighted by atomic mass is 16.5. The first-order valence-electron chi connectivity index (χ1n) is 6.38. The van der Waals surface area contributed by atoms with Crippen LogP contribution in [0.4, 0.5) is 0 Å². The van der Waals surface area contributed by atoms with Crippen molar-refractivity contribution in [3.8, 4) is 0 Å². The Balaban J connectivity index is 1.66. The summed E-state index contributed by atoms with van der Waals surface area (Å²) in [6.07, 6.45) is 7.99. The second kappa shape index (κ2) is 4.12. The van der Waals surface area contributed by atoms with Gasteiger partial charge in [-0.25, -0.2) is 4.99 Å². The zero-order chi connectivity index (χ0) is 10.1. The number of aliphatic imine (C=N–C) groups is 1. The molecule has 1 saturated carbocycles. The summed E-state index contributed by atoms with van der Waals surface area (Å²) in [6, 6.07) is 0.503. The summed E-state index contributed by atoms with van der Waals surface area (Å²) in [7, 11) is 0. The standard InChI is InChI=1S/C12H20N2O/c1-2-4-11-10(3-1)14-12(15-11)9-5-7-13-8-6-9/h9-11,13H,1-8H2. The minimum atomic E-state index is 0.434. The Kier molecular flexibility index (Phi) is 2.65. The van der Waals surface area contributed by atoms with Gasteiger partial charge in [0.25, 0.3) is 0 Å². The number of ether oxygens (including phenoxy) is 1. The summed E-state index contributed by atoms with van der Waals surface area (Å²) in [5.41, 5.74) is 0. The van der Waals surface area contributed by atoms with Crippen molar-refractivity contribution in [1.82, 2.24) is 5.32 Å². The van der Waals surface area contributed by atoms with Crippen molar-refractivity contribution in [2.75, 3.05) is 13.1 Å². The molecule has 1 saturated heterocycles. The smallest absolute Gasteiger partial charge is 0.187 e. The molecule has 2 fully saturated rings. The van der Waals surface area contributed by atoms with Gasteiger partial charge in [0, 0.05) is 5.92 Å². The molecule has 3 heteroatoms. The second-order valence-electron chi connectivity index (χ2n) is 5.00. The maximum Gasteiger partial charge on any atom is 0.187 e. The molecule has 0 aromatic carbocycles. The zero-order valence-electron chi connectivity index (χ0n) is 9.24. The van der Waals surface area contributed by atoms with Crippen LogP contribution in [0.5, 0.6) is 0 Å². The van der Waals surface area contributed by atoms with Gasteiger partial charge in [0.05, 0.1) is 6.04 Å². The van der Waals surface area contributed by atoms with Gasteiger partial charge in [-0.15, -0.1) is 0 Å². The first-order chi connectivity index (χ1) is 7.43. The third kappa shape index (κ3) is 1.89. The van der Waals surface area contributed by atoms with Gasteiger partial charge in [0.1, 0.15) is 6.10 Å². The molecule has 0 radical (unpaired) electrons. The van der Waals surface area contributed by atoms with E-state index < -0.39 is 0 Å². The monoisotopic (exact) mass is 208 g/mol. The molecule has 0 aromatic heterocycles. The Morgan fingerprint density at radius 1 is 1.07 bits per heavy atom. The van der Waals surface area contributed by atoms with Gasteiger partial charge in [0.2, 0.25) is 0 Å². The number of hydrogen-bond donors (Lipinski definition) is 1. The fraction of sp³-hybridized carbons (Fsp3) is 0.917. The van der Waals surface area contributed by atoms with Crippen LogP contribution in [0.1, 0.15) is 38.5 Å². The van der Waals surface area contributed by atoms with E-state index in [0.717, 1.165) is 19.0 Å².